The summed E-state index contributed by atoms with van der Waals surface area (Å²) in [6.45, 7) is 0. The first-order chi connectivity index (χ1) is 11.0. The Balaban J connectivity index is 2.48. The zero-order valence-corrected chi connectivity index (χ0v) is 13.6. The monoisotopic (exact) mass is 395 g/mol. The molecule has 3 N–H and O–H groups in total. The van der Waals surface area contributed by atoms with Crippen LogP contribution in [0.2, 0.25) is 4.34 Å². The molecule has 2 rings (SSSR count). The number of nitro groups is 1. The van der Waals surface area contributed by atoms with Gasteiger partial charge in [0.05, 0.1) is 16.6 Å². The van der Waals surface area contributed by atoms with E-state index in [1.807, 2.05) is 0 Å². The van der Waals surface area contributed by atoms with Gasteiger partial charge in [-0.3, -0.25) is 10.1 Å². The summed E-state index contributed by atoms with van der Waals surface area (Å²) in [5.74, 6) is -4.31. The number of carbonyl (C=O) groups is 1. The van der Waals surface area contributed by atoms with Gasteiger partial charge < -0.3 is 19.5 Å². The van der Waals surface area contributed by atoms with Crippen LogP contribution in [0.15, 0.2) is 22.4 Å². The molecule has 24 heavy (non-hydrogen) atoms. The molecule has 10 nitrogen and oxygen atoms in total. The van der Waals surface area contributed by atoms with Crippen LogP contribution in [-0.4, -0.2) is 34.6 Å². The largest absolute Gasteiger partial charge is 0.504 e. The van der Waals surface area contributed by atoms with Crippen molar-refractivity contribution in [1.29, 1.82) is 0 Å². The van der Waals surface area contributed by atoms with Crippen molar-refractivity contribution < 1.29 is 37.6 Å². The van der Waals surface area contributed by atoms with Crippen molar-refractivity contribution in [2.75, 3.05) is 0 Å². The zero-order chi connectivity index (χ0) is 18.2. The molecule has 0 aliphatic carbocycles. The minimum absolute atomic E-state index is 0.340. The van der Waals surface area contributed by atoms with Crippen molar-refractivity contribution in [1.82, 2.24) is 0 Å². The van der Waals surface area contributed by atoms with Gasteiger partial charge in [-0.1, -0.05) is 11.6 Å². The molecule has 1 aromatic heterocycles. The molecular weight excluding hydrogens is 390 g/mol. The summed E-state index contributed by atoms with van der Waals surface area (Å²) in [5, 5.41) is 38.6. The highest BCUT2D eigenvalue weighted by atomic mass is 35.5. The van der Waals surface area contributed by atoms with Crippen LogP contribution in [0.4, 0.5) is 5.69 Å². The van der Waals surface area contributed by atoms with E-state index in [1.54, 1.807) is 0 Å². The Kier molecular flexibility index (Phi) is 4.55. The molecule has 0 fully saturated rings. The topological polar surface area (TPSA) is 164 Å². The third kappa shape index (κ3) is 3.34. The molecule has 0 amide bonds. The third-order valence-electron chi connectivity index (χ3n) is 2.59. The van der Waals surface area contributed by atoms with E-state index in [0.29, 0.717) is 29.5 Å². The second-order valence-electron chi connectivity index (χ2n) is 4.17. The Morgan fingerprint density at radius 2 is 1.92 bits per heavy atom. The average molecular weight is 396 g/mol. The first-order valence-electron chi connectivity index (χ1n) is 5.70. The molecule has 1 heterocycles. The lowest BCUT2D eigenvalue weighted by Gasteiger charge is -2.09. The number of rotatable bonds is 5. The summed E-state index contributed by atoms with van der Waals surface area (Å²) in [5.41, 5.74) is -1.21. The van der Waals surface area contributed by atoms with Gasteiger partial charge >= 0.3 is 16.1 Å². The number of carboxylic acids is 1. The van der Waals surface area contributed by atoms with Gasteiger partial charge in [0.1, 0.15) is 0 Å². The highest BCUT2D eigenvalue weighted by Crippen LogP contribution is 2.41. The SMILES string of the molecule is O=C(O)c1cc(O)c(O)c(OS(=O)(=O)c2cc([N+](=O)[O-])c(Cl)s2)c1. The van der Waals surface area contributed by atoms with Crippen molar-refractivity contribution >= 4 is 44.7 Å². The molecule has 0 saturated carbocycles. The Morgan fingerprint density at radius 3 is 2.42 bits per heavy atom. The van der Waals surface area contributed by atoms with E-state index in [2.05, 4.69) is 4.18 Å². The lowest BCUT2D eigenvalue weighted by Crippen LogP contribution is -2.09. The smallest absolute Gasteiger partial charge is 0.349 e. The van der Waals surface area contributed by atoms with Crippen molar-refractivity contribution in [3.63, 3.8) is 0 Å². The van der Waals surface area contributed by atoms with E-state index < -0.39 is 58.1 Å². The summed E-state index contributed by atoms with van der Waals surface area (Å²) in [7, 11) is -4.66. The van der Waals surface area contributed by atoms with Gasteiger partial charge in [-0.15, -0.1) is 11.3 Å². The second kappa shape index (κ2) is 6.14. The highest BCUT2D eigenvalue weighted by Gasteiger charge is 2.28. The van der Waals surface area contributed by atoms with Crippen LogP contribution in [0, 0.1) is 10.1 Å². The van der Waals surface area contributed by atoms with Crippen LogP contribution >= 0.6 is 22.9 Å². The van der Waals surface area contributed by atoms with Crippen LogP contribution in [0.5, 0.6) is 17.2 Å². The van der Waals surface area contributed by atoms with Crippen molar-refractivity contribution in [3.8, 4) is 17.2 Å². The summed E-state index contributed by atoms with van der Waals surface area (Å²) < 4.78 is 27.7. The van der Waals surface area contributed by atoms with Gasteiger partial charge in [-0.25, -0.2) is 4.79 Å². The molecule has 128 valence electrons. The lowest BCUT2D eigenvalue weighted by molar-refractivity contribution is -0.384. The number of aromatic hydroxyl groups is 2. The molecule has 0 bridgehead atoms. The molecular formula is C11H6ClNO9S2. The predicted molar refractivity (Wildman–Crippen MR) is 80.5 cm³/mol. The van der Waals surface area contributed by atoms with Crippen molar-refractivity contribution in [2.45, 2.75) is 4.21 Å². The molecule has 0 aliphatic heterocycles. The third-order valence-corrected chi connectivity index (χ3v) is 5.59. The number of carboxylic acid groups (broad SMARTS) is 1. The van der Waals surface area contributed by atoms with Crippen LogP contribution < -0.4 is 4.18 Å². The number of benzene rings is 1. The number of phenolic OH excluding ortho intramolecular Hbond substituents is 2. The van der Waals surface area contributed by atoms with Gasteiger partial charge in [0.2, 0.25) is 5.75 Å². The van der Waals surface area contributed by atoms with E-state index in [1.165, 1.54) is 0 Å². The first kappa shape index (κ1) is 17.8. The van der Waals surface area contributed by atoms with E-state index in [-0.39, 0.29) is 0 Å². The molecule has 0 radical (unpaired) electrons. The molecule has 0 saturated heterocycles. The maximum Gasteiger partial charge on any atom is 0.349 e. The number of thiophene rings is 1. The fourth-order valence-electron chi connectivity index (χ4n) is 1.53. The number of nitrogens with zero attached hydrogens (tertiary/aromatic N) is 1. The molecule has 13 heteroatoms. The zero-order valence-electron chi connectivity index (χ0n) is 11.2. The maximum atomic E-state index is 12.1. The normalized spacial score (nSPS) is 11.2. The van der Waals surface area contributed by atoms with E-state index >= 15 is 0 Å². The average Bonchev–Trinajstić information content (AvgIpc) is 2.86. The summed E-state index contributed by atoms with van der Waals surface area (Å²) in [6, 6.07) is 2.00. The van der Waals surface area contributed by atoms with E-state index in [0.717, 1.165) is 0 Å². The minimum Gasteiger partial charge on any atom is -0.504 e. The van der Waals surface area contributed by atoms with E-state index in [4.69, 9.17) is 16.7 Å². The van der Waals surface area contributed by atoms with Crippen molar-refractivity contribution in [2.24, 2.45) is 0 Å². The standard InChI is InChI=1S/C11H6ClNO9S2/c12-10-5(13(18)19)3-8(23-10)24(20,21)22-7-2-4(11(16)17)1-6(14)9(7)15/h1-3,14-15H,(H,16,17). The van der Waals surface area contributed by atoms with Crippen molar-refractivity contribution in [3.05, 3.63) is 38.2 Å². The number of hydrogen-bond acceptors (Lipinski definition) is 9. The van der Waals surface area contributed by atoms with Crippen LogP contribution in [0.3, 0.4) is 0 Å². The molecule has 2 aromatic rings. The fourth-order valence-corrected chi connectivity index (χ4v) is 4.08. The van der Waals surface area contributed by atoms with Gasteiger partial charge in [-0.05, 0) is 6.07 Å². The van der Waals surface area contributed by atoms with Gasteiger partial charge in [0.15, 0.2) is 20.0 Å². The number of phenols is 2. The molecule has 1 aromatic carbocycles. The molecule has 0 atom stereocenters. The van der Waals surface area contributed by atoms with Gasteiger partial charge in [0.25, 0.3) is 5.69 Å². The molecule has 0 spiro atoms. The van der Waals surface area contributed by atoms with Crippen LogP contribution in [0.25, 0.3) is 0 Å². The quantitative estimate of drug-likeness (QED) is 0.297. The van der Waals surface area contributed by atoms with Crippen LogP contribution in [0.1, 0.15) is 10.4 Å². The van der Waals surface area contributed by atoms with E-state index in [9.17, 15) is 33.5 Å². The number of halogens is 1. The second-order valence-corrected chi connectivity index (χ2v) is 7.59. The molecule has 0 aliphatic rings. The maximum absolute atomic E-state index is 12.1. The minimum atomic E-state index is -4.66. The first-order valence-corrected chi connectivity index (χ1v) is 8.30. The molecule has 0 unspecified atom stereocenters. The predicted octanol–water partition coefficient (Wildman–Crippen LogP) is 2.19. The number of hydrogen-bond donors (Lipinski definition) is 3. The summed E-state index contributed by atoms with van der Waals surface area (Å²) in [4.78, 5) is 20.7. The Labute approximate surface area is 142 Å². The number of aromatic carboxylic acids is 1. The fraction of sp³-hybridized carbons (Fsp3) is 0. The Hall–Kier alpha value is -2.57. The summed E-state index contributed by atoms with van der Waals surface area (Å²) >= 11 is 5.90. The van der Waals surface area contributed by atoms with Gasteiger partial charge in [0, 0.05) is 6.07 Å². The lowest BCUT2D eigenvalue weighted by atomic mass is 10.2. The highest BCUT2D eigenvalue weighted by molar-refractivity contribution is 7.89. The van der Waals surface area contributed by atoms with Crippen LogP contribution in [-0.2, 0) is 10.1 Å². The Morgan fingerprint density at radius 1 is 1.29 bits per heavy atom. The Bertz CT molecular complexity index is 951. The van der Waals surface area contributed by atoms with Gasteiger partial charge in [-0.2, -0.15) is 8.42 Å². The summed E-state index contributed by atoms with van der Waals surface area (Å²) in [6.07, 6.45) is 0.